The van der Waals surface area contributed by atoms with E-state index in [1.807, 2.05) is 19.2 Å². The van der Waals surface area contributed by atoms with Crippen molar-refractivity contribution in [3.8, 4) is 0 Å². The zero-order valence-corrected chi connectivity index (χ0v) is 13.7. The van der Waals surface area contributed by atoms with Gasteiger partial charge in [-0.15, -0.1) is 0 Å². The Hall–Kier alpha value is -1.23. The van der Waals surface area contributed by atoms with E-state index in [-0.39, 0.29) is 5.82 Å². The zero-order chi connectivity index (χ0) is 15.2. The predicted octanol–water partition coefficient (Wildman–Crippen LogP) is 4.02. The summed E-state index contributed by atoms with van der Waals surface area (Å²) in [5.74, 6) is -0.125. The van der Waals surface area contributed by atoms with Gasteiger partial charge < -0.3 is 5.32 Å². The number of thiophene rings is 1. The van der Waals surface area contributed by atoms with Crippen molar-refractivity contribution in [2.45, 2.75) is 39.5 Å². The lowest BCUT2D eigenvalue weighted by Crippen LogP contribution is -2.22. The molecule has 1 aromatic carbocycles. The Morgan fingerprint density at radius 3 is 2.67 bits per heavy atom. The smallest absolute Gasteiger partial charge is 0.127 e. The minimum Gasteiger partial charge on any atom is -0.310 e. The summed E-state index contributed by atoms with van der Waals surface area (Å²) >= 11 is 1.69. The van der Waals surface area contributed by atoms with Crippen LogP contribution in [-0.2, 0) is 19.6 Å². The molecular formula is C17H23FN2S. The molecular weight excluding hydrogens is 283 g/mol. The molecule has 0 aliphatic carbocycles. The first kappa shape index (κ1) is 16.1. The number of halogens is 1. The van der Waals surface area contributed by atoms with E-state index in [0.29, 0.717) is 12.6 Å². The number of nitrogens with zero attached hydrogens (tertiary/aromatic N) is 1. The van der Waals surface area contributed by atoms with Gasteiger partial charge in [0.1, 0.15) is 5.82 Å². The van der Waals surface area contributed by atoms with Gasteiger partial charge in [-0.05, 0) is 41.1 Å². The fraction of sp³-hybridized carbons (Fsp3) is 0.412. The standard InChI is InChI=1S/C17H23FN2S/c1-13(2)19-9-14-4-5-17(18)16(8-14)11-20(3)10-15-6-7-21-12-15/h4-8,12-13,19H,9-11H2,1-3H3. The highest BCUT2D eigenvalue weighted by Crippen LogP contribution is 2.15. The minimum absolute atomic E-state index is 0.125. The summed E-state index contributed by atoms with van der Waals surface area (Å²) in [6.07, 6.45) is 0. The van der Waals surface area contributed by atoms with Crippen LogP contribution in [0.1, 0.15) is 30.5 Å². The molecule has 0 atom stereocenters. The van der Waals surface area contributed by atoms with E-state index in [2.05, 4.69) is 40.9 Å². The minimum atomic E-state index is -0.125. The molecule has 4 heteroatoms. The molecule has 1 N–H and O–H groups in total. The highest BCUT2D eigenvalue weighted by atomic mass is 32.1. The third kappa shape index (κ3) is 5.23. The molecule has 0 aliphatic rings. The molecule has 2 rings (SSSR count). The first-order valence-electron chi connectivity index (χ1n) is 7.25. The topological polar surface area (TPSA) is 15.3 Å². The summed E-state index contributed by atoms with van der Waals surface area (Å²) < 4.78 is 14.0. The van der Waals surface area contributed by atoms with Gasteiger partial charge in [0, 0.05) is 31.2 Å². The van der Waals surface area contributed by atoms with Crippen LogP contribution >= 0.6 is 11.3 Å². The molecule has 0 amide bonds. The van der Waals surface area contributed by atoms with Crippen molar-refractivity contribution in [2.75, 3.05) is 7.05 Å². The molecule has 0 unspecified atom stereocenters. The maximum absolute atomic E-state index is 14.0. The Morgan fingerprint density at radius 1 is 1.19 bits per heavy atom. The number of hydrogen-bond donors (Lipinski definition) is 1. The molecule has 1 heterocycles. The average Bonchev–Trinajstić information content (AvgIpc) is 2.92. The summed E-state index contributed by atoms with van der Waals surface area (Å²) in [6.45, 7) is 6.46. The molecule has 0 spiro atoms. The molecule has 2 nitrogen and oxygen atoms in total. The Labute approximate surface area is 130 Å². The van der Waals surface area contributed by atoms with Gasteiger partial charge in [-0.2, -0.15) is 11.3 Å². The highest BCUT2D eigenvalue weighted by Gasteiger charge is 2.08. The first-order chi connectivity index (χ1) is 10.0. The monoisotopic (exact) mass is 306 g/mol. The van der Waals surface area contributed by atoms with Crippen LogP contribution in [0.4, 0.5) is 4.39 Å². The lowest BCUT2D eigenvalue weighted by atomic mass is 10.1. The van der Waals surface area contributed by atoms with Gasteiger partial charge >= 0.3 is 0 Å². The Kier molecular flexibility index (Phi) is 5.91. The van der Waals surface area contributed by atoms with Crippen LogP contribution in [-0.4, -0.2) is 18.0 Å². The normalized spacial score (nSPS) is 11.5. The third-order valence-electron chi connectivity index (χ3n) is 3.30. The van der Waals surface area contributed by atoms with Crippen molar-refractivity contribution in [1.82, 2.24) is 10.2 Å². The summed E-state index contributed by atoms with van der Waals surface area (Å²) in [5, 5.41) is 7.57. The van der Waals surface area contributed by atoms with E-state index < -0.39 is 0 Å². The lowest BCUT2D eigenvalue weighted by molar-refractivity contribution is 0.314. The molecule has 2 aromatic rings. The van der Waals surface area contributed by atoms with E-state index in [1.165, 1.54) is 5.56 Å². The second-order valence-corrected chi connectivity index (χ2v) is 6.55. The van der Waals surface area contributed by atoms with Crippen molar-refractivity contribution < 1.29 is 4.39 Å². The SMILES string of the molecule is CC(C)NCc1ccc(F)c(CN(C)Cc2ccsc2)c1. The van der Waals surface area contributed by atoms with Crippen LogP contribution in [0.2, 0.25) is 0 Å². The Balaban J connectivity index is 1.99. The first-order valence-corrected chi connectivity index (χ1v) is 8.19. The second kappa shape index (κ2) is 7.69. The number of rotatable bonds is 7. The molecule has 114 valence electrons. The number of hydrogen-bond acceptors (Lipinski definition) is 3. The number of benzene rings is 1. The Morgan fingerprint density at radius 2 is 2.00 bits per heavy atom. The molecule has 0 saturated heterocycles. The summed E-state index contributed by atoms with van der Waals surface area (Å²) in [7, 11) is 2.02. The molecule has 1 aromatic heterocycles. The van der Waals surface area contributed by atoms with Crippen molar-refractivity contribution in [3.05, 3.63) is 57.5 Å². The van der Waals surface area contributed by atoms with Gasteiger partial charge in [0.25, 0.3) is 0 Å². The van der Waals surface area contributed by atoms with E-state index in [1.54, 1.807) is 17.4 Å². The van der Waals surface area contributed by atoms with Crippen LogP contribution in [0.25, 0.3) is 0 Å². The van der Waals surface area contributed by atoms with E-state index in [0.717, 1.165) is 24.2 Å². The molecule has 21 heavy (non-hydrogen) atoms. The third-order valence-corrected chi connectivity index (χ3v) is 4.03. The second-order valence-electron chi connectivity index (χ2n) is 5.77. The molecule has 0 bridgehead atoms. The quantitative estimate of drug-likeness (QED) is 0.831. The van der Waals surface area contributed by atoms with E-state index in [4.69, 9.17) is 0 Å². The maximum atomic E-state index is 14.0. The zero-order valence-electron chi connectivity index (χ0n) is 12.9. The van der Waals surface area contributed by atoms with Gasteiger partial charge in [0.05, 0.1) is 0 Å². The summed E-state index contributed by atoms with van der Waals surface area (Å²) in [5.41, 5.74) is 3.17. The van der Waals surface area contributed by atoms with Crippen LogP contribution in [0, 0.1) is 5.82 Å². The van der Waals surface area contributed by atoms with Crippen LogP contribution in [0.5, 0.6) is 0 Å². The molecule has 0 aliphatic heterocycles. The lowest BCUT2D eigenvalue weighted by Gasteiger charge is -2.17. The van der Waals surface area contributed by atoms with E-state index in [9.17, 15) is 4.39 Å². The van der Waals surface area contributed by atoms with Crippen molar-refractivity contribution in [2.24, 2.45) is 0 Å². The van der Waals surface area contributed by atoms with E-state index >= 15 is 0 Å². The van der Waals surface area contributed by atoms with Crippen LogP contribution in [0.3, 0.4) is 0 Å². The van der Waals surface area contributed by atoms with Crippen molar-refractivity contribution in [3.63, 3.8) is 0 Å². The predicted molar refractivity (Wildman–Crippen MR) is 87.9 cm³/mol. The molecule has 0 fully saturated rings. The van der Waals surface area contributed by atoms with Crippen LogP contribution in [0.15, 0.2) is 35.0 Å². The van der Waals surface area contributed by atoms with Crippen LogP contribution < -0.4 is 5.32 Å². The molecule has 0 saturated carbocycles. The highest BCUT2D eigenvalue weighted by molar-refractivity contribution is 7.07. The van der Waals surface area contributed by atoms with Crippen molar-refractivity contribution in [1.29, 1.82) is 0 Å². The van der Waals surface area contributed by atoms with Gasteiger partial charge in [-0.3, -0.25) is 4.90 Å². The average molecular weight is 306 g/mol. The summed E-state index contributed by atoms with van der Waals surface area (Å²) in [6, 6.07) is 7.94. The largest absolute Gasteiger partial charge is 0.310 e. The summed E-state index contributed by atoms with van der Waals surface area (Å²) in [4.78, 5) is 2.14. The Bertz CT molecular complexity index is 552. The molecule has 0 radical (unpaired) electrons. The fourth-order valence-electron chi connectivity index (χ4n) is 2.22. The van der Waals surface area contributed by atoms with Gasteiger partial charge in [0.15, 0.2) is 0 Å². The fourth-order valence-corrected chi connectivity index (χ4v) is 2.88. The van der Waals surface area contributed by atoms with Crippen molar-refractivity contribution >= 4 is 11.3 Å². The maximum Gasteiger partial charge on any atom is 0.127 e. The van der Waals surface area contributed by atoms with Gasteiger partial charge in [-0.1, -0.05) is 26.0 Å². The number of nitrogens with one attached hydrogen (secondary N) is 1. The van der Waals surface area contributed by atoms with Gasteiger partial charge in [0.2, 0.25) is 0 Å². The van der Waals surface area contributed by atoms with Gasteiger partial charge in [-0.25, -0.2) is 4.39 Å².